The van der Waals surface area contributed by atoms with Crippen molar-refractivity contribution in [3.05, 3.63) is 69.3 Å². The minimum Gasteiger partial charge on any atom is -0.477 e. The Kier molecular flexibility index (Phi) is 4.39. The van der Waals surface area contributed by atoms with Crippen molar-refractivity contribution < 1.29 is 14.7 Å². The molecule has 0 radical (unpaired) electrons. The number of nitrogens with zero attached hydrogens (tertiary/aromatic N) is 1. The molecule has 0 aliphatic carbocycles. The highest BCUT2D eigenvalue weighted by Gasteiger charge is 2.28. The summed E-state index contributed by atoms with van der Waals surface area (Å²) in [5.41, 5.74) is 4.93. The van der Waals surface area contributed by atoms with Gasteiger partial charge < -0.3 is 10.1 Å². The number of carboxylic acids is 1. The van der Waals surface area contributed by atoms with Gasteiger partial charge in [0.25, 0.3) is 5.91 Å². The van der Waals surface area contributed by atoms with Crippen molar-refractivity contribution in [2.75, 3.05) is 11.6 Å². The van der Waals surface area contributed by atoms with E-state index in [9.17, 15) is 14.7 Å². The van der Waals surface area contributed by atoms with Crippen LogP contribution in [0.25, 0.3) is 17.0 Å². The van der Waals surface area contributed by atoms with Crippen molar-refractivity contribution >= 4 is 57.7 Å². The van der Waals surface area contributed by atoms with Gasteiger partial charge in [0.05, 0.1) is 10.7 Å². The van der Waals surface area contributed by atoms with Crippen LogP contribution < -0.4 is 10.4 Å². The molecule has 8 heteroatoms. The molecule has 0 atom stereocenters. The summed E-state index contributed by atoms with van der Waals surface area (Å²) >= 11 is 12.3. The third-order valence-electron chi connectivity index (χ3n) is 4.31. The molecular weight excluding hydrogens is 389 g/mol. The van der Waals surface area contributed by atoms with Crippen LogP contribution in [0.1, 0.15) is 16.1 Å². The summed E-state index contributed by atoms with van der Waals surface area (Å²) in [6.07, 6.45) is 1.56. The predicted octanol–water partition coefficient (Wildman–Crippen LogP) is 4.11. The number of hydrogen-bond acceptors (Lipinski definition) is 3. The predicted molar refractivity (Wildman–Crippen MR) is 105 cm³/mol. The lowest BCUT2D eigenvalue weighted by Gasteiger charge is -2.14. The van der Waals surface area contributed by atoms with E-state index in [2.05, 4.69) is 10.4 Å². The van der Waals surface area contributed by atoms with Crippen molar-refractivity contribution in [3.63, 3.8) is 0 Å². The zero-order valence-electron chi connectivity index (χ0n) is 13.8. The number of fused-ring (bicyclic) bond motifs is 1. The summed E-state index contributed by atoms with van der Waals surface area (Å²) in [6, 6.07) is 12.3. The van der Waals surface area contributed by atoms with Crippen LogP contribution in [-0.4, -0.2) is 28.5 Å². The van der Waals surface area contributed by atoms with Crippen LogP contribution in [0.5, 0.6) is 0 Å². The van der Waals surface area contributed by atoms with Crippen molar-refractivity contribution in [2.24, 2.45) is 0 Å². The molecule has 1 fully saturated rings. The first-order valence-corrected chi connectivity index (χ1v) is 8.79. The SMILES string of the molecule is O=C(O)c1[nH]c2cc(Cl)cc(Cl)c2c1/C=C1\CNN(c2ccccc2)C1=O. The second-order valence-electron chi connectivity index (χ2n) is 6.01. The zero-order chi connectivity index (χ0) is 19.1. The molecule has 1 amide bonds. The maximum absolute atomic E-state index is 12.8. The fourth-order valence-corrected chi connectivity index (χ4v) is 3.71. The lowest BCUT2D eigenvalue weighted by molar-refractivity contribution is -0.114. The molecule has 2 aromatic carbocycles. The Balaban J connectivity index is 1.82. The molecule has 3 N–H and O–H groups in total. The number of aromatic amines is 1. The average Bonchev–Trinajstić information content (AvgIpc) is 3.17. The number of halogens is 2. The van der Waals surface area contributed by atoms with Crippen LogP contribution >= 0.6 is 23.2 Å². The third kappa shape index (κ3) is 3.08. The van der Waals surface area contributed by atoms with Gasteiger partial charge in [-0.1, -0.05) is 41.4 Å². The van der Waals surface area contributed by atoms with Crippen LogP contribution in [0, 0.1) is 0 Å². The van der Waals surface area contributed by atoms with Crippen molar-refractivity contribution in [1.29, 1.82) is 0 Å². The molecule has 1 saturated heterocycles. The molecule has 6 nitrogen and oxygen atoms in total. The Bertz CT molecular complexity index is 1110. The highest BCUT2D eigenvalue weighted by atomic mass is 35.5. The molecule has 27 heavy (non-hydrogen) atoms. The number of carbonyl (C=O) groups is 2. The summed E-state index contributed by atoms with van der Waals surface area (Å²) in [7, 11) is 0. The quantitative estimate of drug-likeness (QED) is 0.576. The number of aromatic carboxylic acids is 1. The van der Waals surface area contributed by atoms with Gasteiger partial charge in [0.15, 0.2) is 0 Å². The molecule has 0 bridgehead atoms. The molecule has 1 aliphatic heterocycles. The molecule has 4 rings (SSSR count). The molecule has 1 aliphatic rings. The van der Waals surface area contributed by atoms with Gasteiger partial charge >= 0.3 is 5.97 Å². The topological polar surface area (TPSA) is 85.4 Å². The Hall–Kier alpha value is -2.80. The van der Waals surface area contributed by atoms with Crippen LogP contribution in [0.4, 0.5) is 5.69 Å². The number of hydrazine groups is 1. The molecular formula is C19H13Cl2N3O3. The number of benzene rings is 2. The van der Waals surface area contributed by atoms with E-state index in [4.69, 9.17) is 23.2 Å². The number of nitrogens with one attached hydrogen (secondary N) is 2. The minimum atomic E-state index is -1.15. The minimum absolute atomic E-state index is 0.0485. The lowest BCUT2D eigenvalue weighted by atomic mass is 10.1. The van der Waals surface area contributed by atoms with Crippen LogP contribution in [0.3, 0.4) is 0 Å². The fraction of sp³-hybridized carbons (Fsp3) is 0.0526. The van der Waals surface area contributed by atoms with Gasteiger partial charge in [0, 0.05) is 33.6 Å². The van der Waals surface area contributed by atoms with E-state index in [1.165, 1.54) is 11.1 Å². The normalized spacial score (nSPS) is 15.9. The van der Waals surface area contributed by atoms with Crippen LogP contribution in [0.15, 0.2) is 48.0 Å². The highest BCUT2D eigenvalue weighted by Crippen LogP contribution is 2.34. The lowest BCUT2D eigenvalue weighted by Crippen LogP contribution is -2.33. The standard InChI is InChI=1S/C19H13Cl2N3O3/c20-11-7-14(21)16-13(17(19(26)27)23-15(16)8-11)6-10-9-22-24(18(10)25)12-4-2-1-3-5-12/h1-8,22-23H,9H2,(H,26,27)/b10-6+. The number of amides is 1. The van der Waals surface area contributed by atoms with Gasteiger partial charge in [0.2, 0.25) is 0 Å². The number of carbonyl (C=O) groups excluding carboxylic acids is 1. The van der Waals surface area contributed by atoms with Crippen LogP contribution in [-0.2, 0) is 4.79 Å². The summed E-state index contributed by atoms with van der Waals surface area (Å²) in [5.74, 6) is -1.40. The largest absolute Gasteiger partial charge is 0.477 e. The maximum atomic E-state index is 12.8. The first-order valence-electron chi connectivity index (χ1n) is 8.03. The third-order valence-corrected chi connectivity index (χ3v) is 4.82. The van der Waals surface area contributed by atoms with Gasteiger partial charge in [0.1, 0.15) is 5.69 Å². The van der Waals surface area contributed by atoms with Gasteiger partial charge in [-0.25, -0.2) is 15.2 Å². The molecule has 136 valence electrons. The number of aromatic nitrogens is 1. The van der Waals surface area contributed by atoms with Crippen molar-refractivity contribution in [3.8, 4) is 0 Å². The van der Waals surface area contributed by atoms with E-state index < -0.39 is 5.97 Å². The number of hydrogen-bond donors (Lipinski definition) is 3. The van der Waals surface area contributed by atoms with Crippen molar-refractivity contribution in [1.82, 2.24) is 10.4 Å². The second kappa shape index (κ2) is 6.74. The summed E-state index contributed by atoms with van der Waals surface area (Å²) in [6.45, 7) is 0.269. The molecule has 0 unspecified atom stereocenters. The number of rotatable bonds is 3. The molecule has 0 saturated carbocycles. The Morgan fingerprint density at radius 1 is 1.19 bits per heavy atom. The smallest absolute Gasteiger partial charge is 0.352 e. The molecule has 3 aromatic rings. The van der Waals surface area contributed by atoms with Gasteiger partial charge in [-0.05, 0) is 30.3 Å². The number of para-hydroxylation sites is 1. The second-order valence-corrected chi connectivity index (χ2v) is 6.85. The van der Waals surface area contributed by atoms with E-state index >= 15 is 0 Å². The Morgan fingerprint density at radius 3 is 2.63 bits per heavy atom. The molecule has 2 heterocycles. The molecule has 1 aromatic heterocycles. The average molecular weight is 402 g/mol. The van der Waals surface area contributed by atoms with Crippen molar-refractivity contribution in [2.45, 2.75) is 0 Å². The van der Waals surface area contributed by atoms with E-state index in [0.717, 1.165) is 0 Å². The first-order chi connectivity index (χ1) is 13.0. The summed E-state index contributed by atoms with van der Waals surface area (Å²) < 4.78 is 0. The fourth-order valence-electron chi connectivity index (χ4n) is 3.11. The summed E-state index contributed by atoms with van der Waals surface area (Å²) in [4.78, 5) is 27.3. The monoisotopic (exact) mass is 401 g/mol. The van der Waals surface area contributed by atoms with Crippen LogP contribution in [0.2, 0.25) is 10.0 Å². The number of H-pyrrole nitrogens is 1. The Labute approximate surface area is 164 Å². The highest BCUT2D eigenvalue weighted by molar-refractivity contribution is 6.39. The Morgan fingerprint density at radius 2 is 1.93 bits per heavy atom. The van der Waals surface area contributed by atoms with E-state index in [1.54, 1.807) is 24.3 Å². The van der Waals surface area contributed by atoms with E-state index in [1.807, 2.05) is 18.2 Å². The molecule has 0 spiro atoms. The van der Waals surface area contributed by atoms with E-state index in [-0.39, 0.29) is 18.1 Å². The van der Waals surface area contributed by atoms with Gasteiger partial charge in [-0.2, -0.15) is 0 Å². The van der Waals surface area contributed by atoms with Gasteiger partial charge in [-0.3, -0.25) is 4.79 Å². The van der Waals surface area contributed by atoms with E-state index in [0.29, 0.717) is 37.8 Å². The summed E-state index contributed by atoms with van der Waals surface area (Å²) in [5, 5.41) is 12.2. The number of anilines is 1. The number of carboxylic acid groups (broad SMARTS) is 1. The first kappa shape index (κ1) is 17.6. The van der Waals surface area contributed by atoms with Gasteiger partial charge in [-0.15, -0.1) is 0 Å². The zero-order valence-corrected chi connectivity index (χ0v) is 15.3. The maximum Gasteiger partial charge on any atom is 0.352 e.